The maximum atomic E-state index is 12.0. The van der Waals surface area contributed by atoms with Crippen LogP contribution in [0.1, 0.15) is 5.56 Å². The van der Waals surface area contributed by atoms with Crippen molar-refractivity contribution in [3.05, 3.63) is 29.8 Å². The molecule has 11 heteroatoms. The van der Waals surface area contributed by atoms with Gasteiger partial charge in [0.05, 0.1) is 13.0 Å². The summed E-state index contributed by atoms with van der Waals surface area (Å²) in [6.45, 7) is -2.16. The predicted octanol–water partition coefficient (Wildman–Crippen LogP) is 1.92. The fourth-order valence-electron chi connectivity index (χ4n) is 1.50. The largest absolute Gasteiger partial charge is 0.573 e. The van der Waals surface area contributed by atoms with Crippen LogP contribution in [0.3, 0.4) is 0 Å². The molecular formula is C13H12F6N2O3. The molecule has 5 nitrogen and oxygen atoms in total. The Kier molecular flexibility index (Phi) is 6.43. The van der Waals surface area contributed by atoms with Gasteiger partial charge in [0.2, 0.25) is 11.8 Å². The molecule has 0 atom stereocenters. The lowest BCUT2D eigenvalue weighted by Gasteiger charge is -2.10. The molecule has 0 spiro atoms. The Labute approximate surface area is 132 Å². The molecule has 2 N–H and O–H groups in total. The van der Waals surface area contributed by atoms with Crippen LogP contribution in [0.15, 0.2) is 24.3 Å². The Morgan fingerprint density at radius 1 is 0.917 bits per heavy atom. The number of benzene rings is 1. The van der Waals surface area contributed by atoms with Crippen LogP contribution in [-0.4, -0.2) is 37.4 Å². The van der Waals surface area contributed by atoms with Gasteiger partial charge in [0.25, 0.3) is 0 Å². The minimum atomic E-state index is -4.83. The second-order valence-corrected chi connectivity index (χ2v) is 4.54. The van der Waals surface area contributed by atoms with E-state index in [1.54, 1.807) is 5.32 Å². The van der Waals surface area contributed by atoms with E-state index in [1.807, 2.05) is 0 Å². The number of nitrogens with one attached hydrogen (secondary N) is 2. The van der Waals surface area contributed by atoms with Gasteiger partial charge in [0.15, 0.2) is 0 Å². The van der Waals surface area contributed by atoms with Crippen molar-refractivity contribution in [1.29, 1.82) is 0 Å². The summed E-state index contributed by atoms with van der Waals surface area (Å²) in [6.07, 6.45) is -9.65. The number of ether oxygens (including phenoxy) is 1. The third kappa shape index (κ3) is 8.86. The first-order valence-corrected chi connectivity index (χ1v) is 6.39. The Bertz CT molecular complexity index is 569. The molecule has 0 aliphatic rings. The number of amides is 2. The molecule has 134 valence electrons. The Balaban J connectivity index is 2.38. The molecular weight excluding hydrogens is 346 g/mol. The molecule has 0 aliphatic carbocycles. The highest BCUT2D eigenvalue weighted by Crippen LogP contribution is 2.22. The maximum absolute atomic E-state index is 12.0. The molecule has 0 radical (unpaired) electrons. The normalized spacial score (nSPS) is 11.8. The SMILES string of the molecule is O=C(CNC(=O)Cc1ccc(OC(F)(F)F)cc1)NCC(F)(F)F. The van der Waals surface area contributed by atoms with Crippen LogP contribution < -0.4 is 15.4 Å². The highest BCUT2D eigenvalue weighted by molar-refractivity contribution is 5.85. The first-order valence-electron chi connectivity index (χ1n) is 6.39. The summed E-state index contributed by atoms with van der Waals surface area (Å²) >= 11 is 0. The number of halogens is 6. The lowest BCUT2D eigenvalue weighted by molar-refractivity contribution is -0.274. The van der Waals surface area contributed by atoms with E-state index in [4.69, 9.17) is 0 Å². The average Bonchev–Trinajstić information content (AvgIpc) is 2.43. The Hall–Kier alpha value is -2.46. The summed E-state index contributed by atoms with van der Waals surface area (Å²) in [4.78, 5) is 22.6. The van der Waals surface area contributed by atoms with Crippen LogP contribution in [0, 0.1) is 0 Å². The van der Waals surface area contributed by atoms with Crippen molar-refractivity contribution in [2.75, 3.05) is 13.1 Å². The first kappa shape index (κ1) is 19.6. The van der Waals surface area contributed by atoms with Crippen LogP contribution in [-0.2, 0) is 16.0 Å². The zero-order valence-corrected chi connectivity index (χ0v) is 11.9. The molecule has 1 aromatic carbocycles. The number of carbonyl (C=O) groups is 2. The monoisotopic (exact) mass is 358 g/mol. The topological polar surface area (TPSA) is 67.4 Å². The van der Waals surface area contributed by atoms with Crippen molar-refractivity contribution < 1.29 is 40.7 Å². The van der Waals surface area contributed by atoms with Gasteiger partial charge in [0.1, 0.15) is 12.3 Å². The lowest BCUT2D eigenvalue weighted by atomic mass is 10.1. The third-order valence-electron chi connectivity index (χ3n) is 2.45. The standard InChI is InChI=1S/C13H12F6N2O3/c14-12(15,16)7-21-11(23)6-20-10(22)5-8-1-3-9(4-2-8)24-13(17,18)19/h1-4H,5-7H2,(H,20,22)(H,21,23). The summed E-state index contributed by atoms with van der Waals surface area (Å²) in [7, 11) is 0. The molecule has 0 unspecified atom stereocenters. The second kappa shape index (κ2) is 7.88. The number of hydrogen-bond donors (Lipinski definition) is 2. The van der Waals surface area contributed by atoms with E-state index < -0.39 is 43.2 Å². The van der Waals surface area contributed by atoms with Crippen molar-refractivity contribution in [3.8, 4) is 5.75 Å². The van der Waals surface area contributed by atoms with Crippen molar-refractivity contribution >= 4 is 11.8 Å². The van der Waals surface area contributed by atoms with E-state index in [2.05, 4.69) is 10.1 Å². The highest BCUT2D eigenvalue weighted by Gasteiger charge is 2.31. The Morgan fingerprint density at radius 2 is 1.50 bits per heavy atom. The quantitative estimate of drug-likeness (QED) is 0.764. The molecule has 1 rings (SSSR count). The van der Waals surface area contributed by atoms with Crippen molar-refractivity contribution in [1.82, 2.24) is 10.6 Å². The van der Waals surface area contributed by atoms with Crippen LogP contribution in [0.2, 0.25) is 0 Å². The van der Waals surface area contributed by atoms with E-state index >= 15 is 0 Å². The van der Waals surface area contributed by atoms with Gasteiger partial charge < -0.3 is 15.4 Å². The smallest absolute Gasteiger partial charge is 0.406 e. The summed E-state index contributed by atoms with van der Waals surface area (Å²) in [5.41, 5.74) is 0.331. The number of hydrogen-bond acceptors (Lipinski definition) is 3. The first-order chi connectivity index (χ1) is 10.9. The summed E-state index contributed by atoms with van der Waals surface area (Å²) in [5, 5.41) is 3.66. The minimum absolute atomic E-state index is 0.265. The van der Waals surface area contributed by atoms with Crippen LogP contribution >= 0.6 is 0 Å². The molecule has 2 amide bonds. The van der Waals surface area contributed by atoms with Gasteiger partial charge >= 0.3 is 12.5 Å². The lowest BCUT2D eigenvalue weighted by Crippen LogP contribution is -2.41. The maximum Gasteiger partial charge on any atom is 0.573 e. The number of rotatable bonds is 6. The average molecular weight is 358 g/mol. The molecule has 0 fully saturated rings. The zero-order valence-electron chi connectivity index (χ0n) is 11.9. The molecule has 0 aliphatic heterocycles. The van der Waals surface area contributed by atoms with Gasteiger partial charge in [0, 0.05) is 0 Å². The molecule has 0 heterocycles. The highest BCUT2D eigenvalue weighted by atomic mass is 19.4. The second-order valence-electron chi connectivity index (χ2n) is 4.54. The van der Waals surface area contributed by atoms with E-state index in [9.17, 15) is 35.9 Å². The van der Waals surface area contributed by atoms with E-state index in [1.165, 1.54) is 12.1 Å². The van der Waals surface area contributed by atoms with Crippen molar-refractivity contribution in [2.45, 2.75) is 19.0 Å². The fourth-order valence-corrected chi connectivity index (χ4v) is 1.50. The fraction of sp³-hybridized carbons (Fsp3) is 0.385. The van der Waals surface area contributed by atoms with Crippen LogP contribution in [0.4, 0.5) is 26.3 Å². The van der Waals surface area contributed by atoms with Gasteiger partial charge in [-0.15, -0.1) is 13.2 Å². The molecule has 24 heavy (non-hydrogen) atoms. The van der Waals surface area contributed by atoms with Crippen molar-refractivity contribution in [2.24, 2.45) is 0 Å². The van der Waals surface area contributed by atoms with Crippen LogP contribution in [0.5, 0.6) is 5.75 Å². The molecule has 0 saturated heterocycles. The van der Waals surface area contributed by atoms with Gasteiger partial charge in [-0.2, -0.15) is 13.2 Å². The molecule has 0 bridgehead atoms. The molecule has 0 saturated carbocycles. The van der Waals surface area contributed by atoms with Gasteiger partial charge in [-0.25, -0.2) is 0 Å². The van der Waals surface area contributed by atoms with Crippen LogP contribution in [0.25, 0.3) is 0 Å². The third-order valence-corrected chi connectivity index (χ3v) is 2.45. The molecule has 0 aromatic heterocycles. The van der Waals surface area contributed by atoms with E-state index in [-0.39, 0.29) is 6.42 Å². The number of carbonyl (C=O) groups excluding carboxylic acids is 2. The molecule has 1 aromatic rings. The minimum Gasteiger partial charge on any atom is -0.406 e. The summed E-state index contributed by atoms with van der Waals surface area (Å²) in [5.74, 6) is -2.16. The van der Waals surface area contributed by atoms with E-state index in [0.29, 0.717) is 5.56 Å². The van der Waals surface area contributed by atoms with Gasteiger partial charge in [-0.05, 0) is 17.7 Å². The Morgan fingerprint density at radius 3 is 2.00 bits per heavy atom. The summed E-state index contributed by atoms with van der Waals surface area (Å²) in [6, 6.07) is 4.44. The van der Waals surface area contributed by atoms with E-state index in [0.717, 1.165) is 12.1 Å². The van der Waals surface area contributed by atoms with Gasteiger partial charge in [-0.1, -0.05) is 12.1 Å². The number of alkyl halides is 6. The van der Waals surface area contributed by atoms with Crippen molar-refractivity contribution in [3.63, 3.8) is 0 Å². The predicted molar refractivity (Wildman–Crippen MR) is 68.9 cm³/mol. The summed E-state index contributed by atoms with van der Waals surface area (Å²) < 4.78 is 75.1. The van der Waals surface area contributed by atoms with Gasteiger partial charge in [-0.3, -0.25) is 9.59 Å². The zero-order chi connectivity index (χ0) is 18.4.